The van der Waals surface area contributed by atoms with Crippen molar-refractivity contribution >= 4 is 11.5 Å². The highest BCUT2D eigenvalue weighted by atomic mass is 15.2. The minimum absolute atomic E-state index is 0.918. The zero-order chi connectivity index (χ0) is 10.5. The topological polar surface area (TPSA) is 16.1 Å². The van der Waals surface area contributed by atoms with Gasteiger partial charge in [0.25, 0.3) is 0 Å². The van der Waals surface area contributed by atoms with Gasteiger partial charge in [0.15, 0.2) is 0 Å². The van der Waals surface area contributed by atoms with E-state index in [9.17, 15) is 0 Å². The lowest BCUT2D eigenvalue weighted by molar-refractivity contribution is 0.990. The Balaban J connectivity index is 2.34. The van der Waals surface area contributed by atoms with Crippen molar-refractivity contribution in [2.24, 2.45) is 0 Å². The van der Waals surface area contributed by atoms with E-state index in [2.05, 4.69) is 28.9 Å². The molecule has 0 aliphatic rings. The molecule has 0 aliphatic heterocycles. The first-order valence-electron chi connectivity index (χ1n) is 5.15. The molecule has 1 aromatic heterocycles. The number of benzene rings is 1. The molecule has 0 atom stereocenters. The van der Waals surface area contributed by atoms with Crippen LogP contribution in [-0.2, 0) is 0 Å². The minimum Gasteiger partial charge on any atom is -0.327 e. The Bertz CT molecular complexity index is 358. The second kappa shape index (κ2) is 4.60. The van der Waals surface area contributed by atoms with E-state index in [4.69, 9.17) is 0 Å². The summed E-state index contributed by atoms with van der Waals surface area (Å²) in [6, 6.07) is 16.3. The summed E-state index contributed by atoms with van der Waals surface area (Å²) in [5.74, 6) is 0.992. The molecule has 0 aliphatic carbocycles. The van der Waals surface area contributed by atoms with E-state index in [-0.39, 0.29) is 0 Å². The lowest BCUT2D eigenvalue weighted by Crippen LogP contribution is -2.16. The van der Waals surface area contributed by atoms with Gasteiger partial charge in [-0.15, -0.1) is 0 Å². The first-order valence-corrected chi connectivity index (χ1v) is 5.15. The van der Waals surface area contributed by atoms with E-state index in [1.807, 2.05) is 42.6 Å². The average molecular weight is 198 g/mol. The monoisotopic (exact) mass is 198 g/mol. The number of hydrogen-bond donors (Lipinski definition) is 0. The highest BCUT2D eigenvalue weighted by Crippen LogP contribution is 2.21. The van der Waals surface area contributed by atoms with Gasteiger partial charge in [0.05, 0.1) is 0 Å². The first kappa shape index (κ1) is 9.71. The van der Waals surface area contributed by atoms with Gasteiger partial charge in [-0.1, -0.05) is 24.3 Å². The molecule has 0 N–H and O–H groups in total. The molecule has 2 aromatic rings. The van der Waals surface area contributed by atoms with E-state index >= 15 is 0 Å². The fraction of sp³-hybridized carbons (Fsp3) is 0.154. The van der Waals surface area contributed by atoms with Gasteiger partial charge in [-0.2, -0.15) is 0 Å². The number of para-hydroxylation sites is 1. The lowest BCUT2D eigenvalue weighted by Gasteiger charge is -2.21. The van der Waals surface area contributed by atoms with Gasteiger partial charge in [0, 0.05) is 18.4 Å². The van der Waals surface area contributed by atoms with Crippen LogP contribution in [0.3, 0.4) is 0 Å². The van der Waals surface area contributed by atoms with Crippen LogP contribution in [0.2, 0.25) is 0 Å². The molecule has 0 fully saturated rings. The third-order valence-corrected chi connectivity index (χ3v) is 2.31. The van der Waals surface area contributed by atoms with Crippen LogP contribution < -0.4 is 4.90 Å². The number of aromatic nitrogens is 1. The molecular formula is C13H14N2. The Labute approximate surface area is 90.2 Å². The second-order valence-corrected chi connectivity index (χ2v) is 3.27. The van der Waals surface area contributed by atoms with Crippen LogP contribution in [0.4, 0.5) is 11.5 Å². The maximum atomic E-state index is 4.35. The summed E-state index contributed by atoms with van der Waals surface area (Å²) in [4.78, 5) is 6.53. The molecule has 0 spiro atoms. The molecule has 76 valence electrons. The normalized spacial score (nSPS) is 9.93. The van der Waals surface area contributed by atoms with Gasteiger partial charge in [0.2, 0.25) is 0 Å². The van der Waals surface area contributed by atoms with Crippen molar-refractivity contribution in [3.63, 3.8) is 0 Å². The van der Waals surface area contributed by atoms with Crippen LogP contribution in [0.15, 0.2) is 54.7 Å². The van der Waals surface area contributed by atoms with Crippen molar-refractivity contribution < 1.29 is 0 Å². The van der Waals surface area contributed by atoms with E-state index < -0.39 is 0 Å². The zero-order valence-corrected chi connectivity index (χ0v) is 8.80. The molecule has 2 rings (SSSR count). The first-order chi connectivity index (χ1) is 7.42. The standard InChI is InChI=1S/C13H14N2/c1-2-15(12-8-4-3-5-9-12)13-10-6-7-11-14-13/h3-11H,2H2,1H3. The van der Waals surface area contributed by atoms with E-state index in [1.54, 1.807) is 0 Å². The summed E-state index contributed by atoms with van der Waals surface area (Å²) in [5, 5.41) is 0. The Morgan fingerprint density at radius 2 is 1.73 bits per heavy atom. The SMILES string of the molecule is CCN(c1ccccc1)c1ccccn1. The highest BCUT2D eigenvalue weighted by Gasteiger charge is 2.05. The molecule has 0 radical (unpaired) electrons. The summed E-state index contributed by atoms with van der Waals surface area (Å²) < 4.78 is 0. The number of nitrogens with zero attached hydrogens (tertiary/aromatic N) is 2. The Morgan fingerprint density at radius 1 is 1.00 bits per heavy atom. The molecule has 15 heavy (non-hydrogen) atoms. The van der Waals surface area contributed by atoms with Gasteiger partial charge >= 0.3 is 0 Å². The molecule has 2 nitrogen and oxygen atoms in total. The molecule has 0 bridgehead atoms. The third-order valence-electron chi connectivity index (χ3n) is 2.31. The summed E-state index contributed by atoms with van der Waals surface area (Å²) in [6.07, 6.45) is 1.82. The third kappa shape index (κ3) is 2.15. The van der Waals surface area contributed by atoms with E-state index in [0.29, 0.717) is 0 Å². The Morgan fingerprint density at radius 3 is 2.33 bits per heavy atom. The predicted molar refractivity (Wildman–Crippen MR) is 63.4 cm³/mol. The van der Waals surface area contributed by atoms with Gasteiger partial charge in [-0.3, -0.25) is 0 Å². The maximum absolute atomic E-state index is 4.35. The smallest absolute Gasteiger partial charge is 0.132 e. The maximum Gasteiger partial charge on any atom is 0.132 e. The van der Waals surface area contributed by atoms with Gasteiger partial charge in [-0.05, 0) is 31.2 Å². The van der Waals surface area contributed by atoms with Crippen molar-refractivity contribution in [3.05, 3.63) is 54.7 Å². The van der Waals surface area contributed by atoms with Crippen LogP contribution in [0.1, 0.15) is 6.92 Å². The van der Waals surface area contributed by atoms with Crippen molar-refractivity contribution in [3.8, 4) is 0 Å². The van der Waals surface area contributed by atoms with Crippen LogP contribution in [0.5, 0.6) is 0 Å². The van der Waals surface area contributed by atoms with Crippen molar-refractivity contribution in [2.45, 2.75) is 6.92 Å². The largest absolute Gasteiger partial charge is 0.327 e. The molecule has 1 heterocycles. The van der Waals surface area contributed by atoms with Crippen molar-refractivity contribution in [1.29, 1.82) is 0 Å². The average Bonchev–Trinajstić information content (AvgIpc) is 2.33. The zero-order valence-electron chi connectivity index (χ0n) is 8.80. The lowest BCUT2D eigenvalue weighted by atomic mass is 10.3. The molecule has 2 heteroatoms. The van der Waals surface area contributed by atoms with Crippen molar-refractivity contribution in [1.82, 2.24) is 4.98 Å². The van der Waals surface area contributed by atoms with Gasteiger partial charge in [0.1, 0.15) is 5.82 Å². The van der Waals surface area contributed by atoms with E-state index in [0.717, 1.165) is 12.4 Å². The Hall–Kier alpha value is -1.83. The fourth-order valence-corrected chi connectivity index (χ4v) is 1.60. The molecule has 0 saturated carbocycles. The number of anilines is 2. The van der Waals surface area contributed by atoms with Crippen LogP contribution in [-0.4, -0.2) is 11.5 Å². The fourth-order valence-electron chi connectivity index (χ4n) is 1.60. The minimum atomic E-state index is 0.918. The van der Waals surface area contributed by atoms with Gasteiger partial charge in [-0.25, -0.2) is 4.98 Å². The Kier molecular flexibility index (Phi) is 2.98. The number of rotatable bonds is 3. The predicted octanol–water partition coefficient (Wildman–Crippen LogP) is 3.24. The summed E-state index contributed by atoms with van der Waals surface area (Å²) >= 11 is 0. The van der Waals surface area contributed by atoms with Crippen LogP contribution in [0, 0.1) is 0 Å². The quantitative estimate of drug-likeness (QED) is 0.752. The molecule has 0 unspecified atom stereocenters. The summed E-state index contributed by atoms with van der Waals surface area (Å²) in [7, 11) is 0. The van der Waals surface area contributed by atoms with Crippen LogP contribution in [0.25, 0.3) is 0 Å². The van der Waals surface area contributed by atoms with Crippen LogP contribution >= 0.6 is 0 Å². The number of pyridine rings is 1. The van der Waals surface area contributed by atoms with Crippen molar-refractivity contribution in [2.75, 3.05) is 11.4 Å². The molecule has 0 amide bonds. The second-order valence-electron chi connectivity index (χ2n) is 3.27. The molecule has 0 saturated heterocycles. The van der Waals surface area contributed by atoms with Gasteiger partial charge < -0.3 is 4.90 Å². The summed E-state index contributed by atoms with van der Waals surface area (Å²) in [6.45, 7) is 3.04. The molecule has 1 aromatic carbocycles. The highest BCUT2D eigenvalue weighted by molar-refractivity contribution is 5.59. The van der Waals surface area contributed by atoms with E-state index in [1.165, 1.54) is 5.69 Å². The number of hydrogen-bond acceptors (Lipinski definition) is 2. The summed E-state index contributed by atoms with van der Waals surface area (Å²) in [5.41, 5.74) is 1.18. The molecular weight excluding hydrogens is 184 g/mol.